The third kappa shape index (κ3) is 4.02. The van der Waals surface area contributed by atoms with Gasteiger partial charge in [0.1, 0.15) is 11.3 Å². The number of benzene rings is 2. The Kier molecular flexibility index (Phi) is 5.11. The average Bonchev–Trinajstić information content (AvgIpc) is 3.32. The number of thioether (sulfide) groups is 1. The minimum atomic E-state index is -3.55. The molecule has 150 valence electrons. The molecule has 0 fully saturated rings. The molecule has 0 spiro atoms. The third-order valence-electron chi connectivity index (χ3n) is 4.00. The number of hydrogen-bond acceptors (Lipinski definition) is 8. The number of oxazole rings is 1. The lowest BCUT2D eigenvalue weighted by molar-refractivity contribution is 0.425. The van der Waals surface area contributed by atoms with E-state index in [1.807, 2.05) is 0 Å². The van der Waals surface area contributed by atoms with Crippen LogP contribution in [0, 0.1) is 5.82 Å². The molecule has 0 saturated carbocycles. The Bertz CT molecular complexity index is 1270. The van der Waals surface area contributed by atoms with Crippen molar-refractivity contribution in [1.82, 2.24) is 19.4 Å². The van der Waals surface area contributed by atoms with Crippen molar-refractivity contribution in [3.63, 3.8) is 0 Å². The van der Waals surface area contributed by atoms with Crippen LogP contribution in [0.3, 0.4) is 0 Å². The Morgan fingerprint density at radius 1 is 1.10 bits per heavy atom. The summed E-state index contributed by atoms with van der Waals surface area (Å²) in [6, 6.07) is 10.3. The molecule has 0 N–H and O–H groups in total. The van der Waals surface area contributed by atoms with E-state index in [1.165, 1.54) is 50.1 Å². The first kappa shape index (κ1) is 19.6. The van der Waals surface area contributed by atoms with Crippen molar-refractivity contribution in [3.8, 4) is 11.5 Å². The van der Waals surface area contributed by atoms with Crippen LogP contribution < -0.4 is 0 Å². The standard InChI is InChI=1S/C18H15FN4O4S2/c1-23(2)29(24,25)13-7-8-15-14(9-13)20-18(26-15)28-10-16-21-17(27-22-16)11-3-5-12(19)6-4-11/h3-9H,10H2,1-2H3. The van der Waals surface area contributed by atoms with Crippen LogP contribution in [-0.4, -0.2) is 41.9 Å². The SMILES string of the molecule is CN(C)S(=O)(=O)c1ccc2oc(SCc3noc(-c4ccc(F)cc4)n3)nc2c1. The van der Waals surface area contributed by atoms with E-state index in [9.17, 15) is 12.8 Å². The third-order valence-corrected chi connectivity index (χ3v) is 6.64. The van der Waals surface area contributed by atoms with Crippen LogP contribution >= 0.6 is 11.8 Å². The summed E-state index contributed by atoms with van der Waals surface area (Å²) >= 11 is 1.25. The number of sulfonamides is 1. The van der Waals surface area contributed by atoms with Crippen LogP contribution in [0.15, 0.2) is 61.5 Å². The Hall–Kier alpha value is -2.76. The van der Waals surface area contributed by atoms with Gasteiger partial charge in [-0.3, -0.25) is 0 Å². The Labute approximate surface area is 169 Å². The van der Waals surface area contributed by atoms with Crippen molar-refractivity contribution in [2.45, 2.75) is 15.9 Å². The summed E-state index contributed by atoms with van der Waals surface area (Å²) in [5.41, 5.74) is 1.53. The molecule has 4 rings (SSSR count). The fraction of sp³-hybridized carbons (Fsp3) is 0.167. The lowest BCUT2D eigenvalue weighted by Gasteiger charge is -2.10. The molecule has 29 heavy (non-hydrogen) atoms. The lowest BCUT2D eigenvalue weighted by Crippen LogP contribution is -2.22. The predicted molar refractivity (Wildman–Crippen MR) is 104 cm³/mol. The zero-order chi connectivity index (χ0) is 20.6. The number of rotatable bonds is 6. The van der Waals surface area contributed by atoms with Crippen LogP contribution in [-0.2, 0) is 15.8 Å². The second-order valence-corrected chi connectivity index (χ2v) is 9.29. The molecule has 2 aromatic carbocycles. The minimum Gasteiger partial charge on any atom is -0.431 e. The molecular weight excluding hydrogens is 419 g/mol. The van der Waals surface area contributed by atoms with Crippen molar-refractivity contribution in [2.75, 3.05) is 14.1 Å². The summed E-state index contributed by atoms with van der Waals surface area (Å²) < 4.78 is 49.5. The van der Waals surface area contributed by atoms with Crippen LogP contribution in [0.1, 0.15) is 5.82 Å². The highest BCUT2D eigenvalue weighted by Crippen LogP contribution is 2.28. The van der Waals surface area contributed by atoms with E-state index in [0.717, 1.165) is 4.31 Å². The van der Waals surface area contributed by atoms with E-state index in [4.69, 9.17) is 8.94 Å². The van der Waals surface area contributed by atoms with Crippen molar-refractivity contribution >= 4 is 32.9 Å². The van der Waals surface area contributed by atoms with Crippen LogP contribution in [0.5, 0.6) is 0 Å². The van der Waals surface area contributed by atoms with Crippen LogP contribution in [0.2, 0.25) is 0 Å². The summed E-state index contributed by atoms with van der Waals surface area (Å²) in [5.74, 6) is 0.700. The average molecular weight is 434 g/mol. The van der Waals surface area contributed by atoms with Gasteiger partial charge in [0, 0.05) is 19.7 Å². The van der Waals surface area contributed by atoms with Gasteiger partial charge in [-0.15, -0.1) is 0 Å². The first-order valence-corrected chi connectivity index (χ1v) is 10.8. The van der Waals surface area contributed by atoms with Gasteiger partial charge in [-0.2, -0.15) is 4.98 Å². The van der Waals surface area contributed by atoms with Gasteiger partial charge in [0.15, 0.2) is 11.4 Å². The highest BCUT2D eigenvalue weighted by atomic mass is 32.2. The van der Waals surface area contributed by atoms with Crippen LogP contribution in [0.25, 0.3) is 22.6 Å². The van der Waals surface area contributed by atoms with E-state index < -0.39 is 10.0 Å². The molecule has 11 heteroatoms. The van der Waals surface area contributed by atoms with E-state index in [1.54, 1.807) is 18.2 Å². The highest BCUT2D eigenvalue weighted by Gasteiger charge is 2.19. The van der Waals surface area contributed by atoms with Gasteiger partial charge in [-0.1, -0.05) is 16.9 Å². The summed E-state index contributed by atoms with van der Waals surface area (Å²) in [4.78, 5) is 8.73. The van der Waals surface area contributed by atoms with Gasteiger partial charge in [0.05, 0.1) is 10.6 Å². The van der Waals surface area contributed by atoms with Crippen molar-refractivity contribution in [2.24, 2.45) is 0 Å². The molecule has 0 aliphatic carbocycles. The number of fused-ring (bicyclic) bond motifs is 1. The van der Waals surface area contributed by atoms with Gasteiger partial charge in [-0.05, 0) is 42.5 Å². The Morgan fingerprint density at radius 3 is 2.59 bits per heavy atom. The van der Waals surface area contributed by atoms with Gasteiger partial charge in [0.2, 0.25) is 10.0 Å². The summed E-state index contributed by atoms with van der Waals surface area (Å²) in [6.45, 7) is 0. The van der Waals surface area contributed by atoms with Gasteiger partial charge >= 0.3 is 0 Å². The molecule has 8 nitrogen and oxygen atoms in total. The van der Waals surface area contributed by atoms with Crippen molar-refractivity contribution in [3.05, 3.63) is 54.1 Å². The first-order valence-electron chi connectivity index (χ1n) is 8.37. The Morgan fingerprint density at radius 2 is 1.86 bits per heavy atom. The van der Waals surface area contributed by atoms with E-state index in [2.05, 4.69) is 15.1 Å². The summed E-state index contributed by atoms with van der Waals surface area (Å²) in [7, 11) is -0.618. The maximum Gasteiger partial charge on any atom is 0.257 e. The fourth-order valence-electron chi connectivity index (χ4n) is 2.47. The van der Waals surface area contributed by atoms with Crippen LogP contribution in [0.4, 0.5) is 4.39 Å². The van der Waals surface area contributed by atoms with Gasteiger partial charge in [-0.25, -0.2) is 22.1 Å². The van der Waals surface area contributed by atoms with Crippen molar-refractivity contribution < 1.29 is 21.7 Å². The van der Waals surface area contributed by atoms with Gasteiger partial charge < -0.3 is 8.94 Å². The smallest absolute Gasteiger partial charge is 0.257 e. The summed E-state index contributed by atoms with van der Waals surface area (Å²) in [6.07, 6.45) is 0. The maximum absolute atomic E-state index is 13.0. The topological polar surface area (TPSA) is 102 Å². The molecule has 0 saturated heterocycles. The molecular formula is C18H15FN4O4S2. The molecule has 0 aliphatic heterocycles. The molecule has 4 aromatic rings. The molecule has 0 atom stereocenters. The minimum absolute atomic E-state index is 0.141. The molecule has 0 unspecified atom stereocenters. The quantitative estimate of drug-likeness (QED) is 0.425. The Balaban J connectivity index is 1.50. The number of halogens is 1. The lowest BCUT2D eigenvalue weighted by atomic mass is 10.2. The highest BCUT2D eigenvalue weighted by molar-refractivity contribution is 7.98. The fourth-order valence-corrected chi connectivity index (χ4v) is 4.07. The molecule has 0 amide bonds. The number of aromatic nitrogens is 3. The molecule has 2 heterocycles. The molecule has 0 bridgehead atoms. The molecule has 0 aliphatic rings. The first-order chi connectivity index (χ1) is 13.8. The van der Waals surface area contributed by atoms with E-state index in [0.29, 0.717) is 33.5 Å². The summed E-state index contributed by atoms with van der Waals surface area (Å²) in [5, 5.41) is 4.25. The second kappa shape index (κ2) is 7.58. The zero-order valence-electron chi connectivity index (χ0n) is 15.4. The zero-order valence-corrected chi connectivity index (χ0v) is 17.0. The van der Waals surface area contributed by atoms with Crippen molar-refractivity contribution in [1.29, 1.82) is 0 Å². The number of hydrogen-bond donors (Lipinski definition) is 0. The number of nitrogens with zero attached hydrogens (tertiary/aromatic N) is 4. The van der Waals surface area contributed by atoms with E-state index >= 15 is 0 Å². The monoisotopic (exact) mass is 434 g/mol. The maximum atomic E-state index is 13.0. The largest absolute Gasteiger partial charge is 0.431 e. The molecule has 0 radical (unpaired) electrons. The van der Waals surface area contributed by atoms with Gasteiger partial charge in [0.25, 0.3) is 11.1 Å². The normalized spacial score (nSPS) is 12.1. The van der Waals surface area contributed by atoms with E-state index in [-0.39, 0.29) is 16.6 Å². The molecule has 2 aromatic heterocycles. The predicted octanol–water partition coefficient (Wildman–Crippen LogP) is 3.56. The second-order valence-electron chi connectivity index (χ2n) is 6.21.